The van der Waals surface area contributed by atoms with Gasteiger partial charge in [0.25, 0.3) is 10.0 Å². The molecule has 2 aromatic carbocycles. The average molecular weight is 388 g/mol. The van der Waals surface area contributed by atoms with Gasteiger partial charge in [0.05, 0.1) is 38.0 Å². The van der Waals surface area contributed by atoms with E-state index in [1.165, 1.54) is 27.4 Å². The van der Waals surface area contributed by atoms with Crippen LogP contribution < -0.4 is 18.9 Å². The lowest BCUT2D eigenvalue weighted by Gasteiger charge is -2.12. The van der Waals surface area contributed by atoms with E-state index < -0.39 is 10.0 Å². The summed E-state index contributed by atoms with van der Waals surface area (Å²) in [4.78, 5) is 3.05. The van der Waals surface area contributed by atoms with Crippen molar-refractivity contribution >= 4 is 32.7 Å². The molecule has 8 heteroatoms. The van der Waals surface area contributed by atoms with E-state index in [9.17, 15) is 8.42 Å². The van der Waals surface area contributed by atoms with Crippen molar-refractivity contribution in [1.82, 2.24) is 4.98 Å². The van der Waals surface area contributed by atoms with Crippen LogP contribution in [0.15, 0.2) is 48.0 Å². The fourth-order valence-electron chi connectivity index (χ4n) is 2.72. The average Bonchev–Trinajstić information content (AvgIpc) is 3.15. The van der Waals surface area contributed by atoms with Gasteiger partial charge in [-0.05, 0) is 24.3 Å². The molecule has 0 fully saturated rings. The van der Waals surface area contributed by atoms with Gasteiger partial charge in [-0.25, -0.2) is 8.42 Å². The third kappa shape index (κ3) is 4.01. The standard InChI is InChI=1S/C19H20N2O5S/c1-24-13-11-18(25-2)15(19(12-13)26-3)8-10-27(22,23)21-17-6-4-5-16-14(17)7-9-20-16/h4-12,20-21H,1-3H3. The molecule has 0 unspecified atom stereocenters. The maximum Gasteiger partial charge on any atom is 0.255 e. The van der Waals surface area contributed by atoms with Crippen LogP contribution in [-0.4, -0.2) is 34.7 Å². The summed E-state index contributed by atoms with van der Waals surface area (Å²) in [7, 11) is 0.755. The van der Waals surface area contributed by atoms with Crippen LogP contribution in [-0.2, 0) is 10.0 Å². The van der Waals surface area contributed by atoms with Crippen LogP contribution in [0.5, 0.6) is 17.2 Å². The zero-order chi connectivity index (χ0) is 19.4. The Hall–Kier alpha value is -3.13. The van der Waals surface area contributed by atoms with Crippen molar-refractivity contribution in [3.05, 3.63) is 53.6 Å². The third-order valence-electron chi connectivity index (χ3n) is 4.01. The van der Waals surface area contributed by atoms with Gasteiger partial charge in [0.2, 0.25) is 0 Å². The number of hydrogen-bond acceptors (Lipinski definition) is 5. The summed E-state index contributed by atoms with van der Waals surface area (Å²) < 4.78 is 43.5. The lowest BCUT2D eigenvalue weighted by atomic mass is 10.1. The van der Waals surface area contributed by atoms with E-state index in [2.05, 4.69) is 9.71 Å². The molecule has 3 aromatic rings. The minimum atomic E-state index is -3.75. The number of rotatable bonds is 7. The zero-order valence-corrected chi connectivity index (χ0v) is 16.0. The SMILES string of the molecule is COc1cc(OC)c(C=CS(=O)(=O)Nc2cccc3[nH]ccc23)c(OC)c1. The molecular formula is C19H20N2O5S. The molecule has 1 heterocycles. The van der Waals surface area contributed by atoms with Crippen molar-refractivity contribution in [3.8, 4) is 17.2 Å². The van der Waals surface area contributed by atoms with Crippen LogP contribution >= 0.6 is 0 Å². The van der Waals surface area contributed by atoms with Crippen molar-refractivity contribution in [3.63, 3.8) is 0 Å². The van der Waals surface area contributed by atoms with E-state index in [-0.39, 0.29) is 0 Å². The fourth-order valence-corrected chi connectivity index (χ4v) is 3.58. The predicted molar refractivity (Wildman–Crippen MR) is 106 cm³/mol. The highest BCUT2D eigenvalue weighted by Crippen LogP contribution is 2.35. The molecule has 0 aliphatic carbocycles. The molecule has 0 amide bonds. The number of anilines is 1. The summed E-state index contributed by atoms with van der Waals surface area (Å²) in [5, 5.41) is 1.86. The predicted octanol–water partition coefficient (Wildman–Crippen LogP) is 3.61. The van der Waals surface area contributed by atoms with Crippen LogP contribution in [0.4, 0.5) is 5.69 Å². The maximum absolute atomic E-state index is 12.5. The van der Waals surface area contributed by atoms with Crippen LogP contribution in [0.3, 0.4) is 0 Å². The van der Waals surface area contributed by atoms with E-state index in [0.717, 1.165) is 16.3 Å². The van der Waals surface area contributed by atoms with Gasteiger partial charge in [-0.15, -0.1) is 0 Å². The van der Waals surface area contributed by atoms with Gasteiger partial charge >= 0.3 is 0 Å². The van der Waals surface area contributed by atoms with Crippen LogP contribution in [0.2, 0.25) is 0 Å². The van der Waals surface area contributed by atoms with E-state index in [4.69, 9.17) is 14.2 Å². The van der Waals surface area contributed by atoms with Crippen LogP contribution in [0, 0.1) is 0 Å². The second-order valence-electron chi connectivity index (χ2n) is 5.64. The molecule has 0 spiro atoms. The molecular weight excluding hydrogens is 368 g/mol. The zero-order valence-electron chi connectivity index (χ0n) is 15.1. The Balaban J connectivity index is 1.94. The number of hydrogen-bond donors (Lipinski definition) is 2. The van der Waals surface area contributed by atoms with Crippen molar-refractivity contribution in [1.29, 1.82) is 0 Å². The number of methoxy groups -OCH3 is 3. The summed E-state index contributed by atoms with van der Waals surface area (Å²) >= 11 is 0. The van der Waals surface area contributed by atoms with Crippen molar-refractivity contribution < 1.29 is 22.6 Å². The Kier molecular flexibility index (Phi) is 5.27. The molecule has 1 aromatic heterocycles. The first kappa shape index (κ1) is 18.7. The minimum absolute atomic E-state index is 0.436. The largest absolute Gasteiger partial charge is 0.496 e. The van der Waals surface area contributed by atoms with Crippen LogP contribution in [0.25, 0.3) is 17.0 Å². The molecule has 2 N–H and O–H groups in total. The molecule has 142 valence electrons. The summed E-state index contributed by atoms with van der Waals surface area (Å²) in [6, 6.07) is 10.5. The highest BCUT2D eigenvalue weighted by molar-refractivity contribution is 7.95. The summed E-state index contributed by atoms with van der Waals surface area (Å²) in [6.07, 6.45) is 3.18. The first-order valence-corrected chi connectivity index (χ1v) is 9.59. The quantitative estimate of drug-likeness (QED) is 0.645. The minimum Gasteiger partial charge on any atom is -0.496 e. The molecule has 7 nitrogen and oxygen atoms in total. The number of ether oxygens (including phenoxy) is 3. The molecule has 0 aliphatic rings. The van der Waals surface area contributed by atoms with E-state index in [1.807, 2.05) is 12.1 Å². The highest BCUT2D eigenvalue weighted by atomic mass is 32.2. The maximum atomic E-state index is 12.5. The summed E-state index contributed by atoms with van der Waals surface area (Å²) in [5.41, 5.74) is 1.83. The highest BCUT2D eigenvalue weighted by Gasteiger charge is 2.14. The second kappa shape index (κ2) is 7.63. The van der Waals surface area contributed by atoms with E-state index >= 15 is 0 Å². The van der Waals surface area contributed by atoms with Gasteiger partial charge in [-0.3, -0.25) is 4.72 Å². The number of fused-ring (bicyclic) bond motifs is 1. The Morgan fingerprint density at radius 2 is 1.70 bits per heavy atom. The van der Waals surface area contributed by atoms with Crippen molar-refractivity contribution in [2.24, 2.45) is 0 Å². The van der Waals surface area contributed by atoms with Crippen molar-refractivity contribution in [2.75, 3.05) is 26.1 Å². The first-order valence-electron chi connectivity index (χ1n) is 8.04. The van der Waals surface area contributed by atoms with Gasteiger partial charge < -0.3 is 19.2 Å². The van der Waals surface area contributed by atoms with Crippen molar-refractivity contribution in [2.45, 2.75) is 0 Å². The fraction of sp³-hybridized carbons (Fsp3) is 0.158. The lowest BCUT2D eigenvalue weighted by molar-refractivity contribution is 0.374. The monoisotopic (exact) mass is 388 g/mol. The molecule has 3 rings (SSSR count). The number of nitrogens with one attached hydrogen (secondary N) is 2. The number of H-pyrrole nitrogens is 1. The topological polar surface area (TPSA) is 89.6 Å². The summed E-state index contributed by atoms with van der Waals surface area (Å²) in [6.45, 7) is 0. The number of benzene rings is 2. The van der Waals surface area contributed by atoms with Gasteiger partial charge in [-0.2, -0.15) is 0 Å². The molecule has 0 saturated heterocycles. The van der Waals surface area contributed by atoms with Gasteiger partial charge in [0.15, 0.2) is 0 Å². The summed E-state index contributed by atoms with van der Waals surface area (Å²) in [5.74, 6) is 1.41. The van der Waals surface area contributed by atoms with E-state index in [1.54, 1.807) is 30.5 Å². The number of sulfonamides is 1. The number of aromatic amines is 1. The smallest absolute Gasteiger partial charge is 0.255 e. The number of aromatic nitrogens is 1. The van der Waals surface area contributed by atoms with Gasteiger partial charge in [0.1, 0.15) is 17.2 Å². The third-order valence-corrected chi connectivity index (χ3v) is 5.01. The molecule has 0 bridgehead atoms. The molecule has 0 aliphatic heterocycles. The molecule has 27 heavy (non-hydrogen) atoms. The second-order valence-corrected chi connectivity index (χ2v) is 7.21. The van der Waals surface area contributed by atoms with Gasteiger partial charge in [0, 0.05) is 29.2 Å². The Labute approximate surface area is 157 Å². The first-order chi connectivity index (χ1) is 13.0. The Morgan fingerprint density at radius 3 is 2.33 bits per heavy atom. The molecule has 0 saturated carbocycles. The van der Waals surface area contributed by atoms with E-state index in [0.29, 0.717) is 28.5 Å². The lowest BCUT2D eigenvalue weighted by Crippen LogP contribution is -2.09. The Morgan fingerprint density at radius 1 is 1.00 bits per heavy atom. The normalized spacial score (nSPS) is 11.7. The van der Waals surface area contributed by atoms with Crippen LogP contribution in [0.1, 0.15) is 5.56 Å². The Bertz CT molecular complexity index is 1060. The molecule has 0 radical (unpaired) electrons. The molecule has 0 atom stereocenters. The van der Waals surface area contributed by atoms with Gasteiger partial charge in [-0.1, -0.05) is 6.07 Å².